The van der Waals surface area contributed by atoms with Gasteiger partial charge in [0.1, 0.15) is 5.82 Å². The fourth-order valence-electron chi connectivity index (χ4n) is 1.96. The number of aryl methyl sites for hydroxylation is 1. The minimum absolute atomic E-state index is 0.111. The Bertz CT molecular complexity index is 599. The zero-order chi connectivity index (χ0) is 14.0. The summed E-state index contributed by atoms with van der Waals surface area (Å²) < 4.78 is 13.1. The molecule has 2 aromatic rings. The molecule has 0 aliphatic rings. The predicted molar refractivity (Wildman–Crippen MR) is 78.2 cm³/mol. The Morgan fingerprint density at radius 3 is 2.47 bits per heavy atom. The number of benzene rings is 2. The third-order valence-corrected chi connectivity index (χ3v) is 3.61. The lowest BCUT2D eigenvalue weighted by molar-refractivity contribution is 0.626. The van der Waals surface area contributed by atoms with Crippen molar-refractivity contribution in [1.29, 1.82) is 0 Å². The number of hydrogen-bond donors (Lipinski definition) is 1. The molecule has 0 fully saturated rings. The molecular formula is C15H14Cl2FN. The standard InChI is InChI=1S/C15H14Cl2FN/c1-9-2-4-11(12(16)6-9)15(19)8-10-3-5-14(18)13(17)7-10/h2-7,15H,8,19H2,1H3. The molecule has 0 heterocycles. The van der Waals surface area contributed by atoms with Gasteiger partial charge in [-0.15, -0.1) is 0 Å². The van der Waals surface area contributed by atoms with E-state index in [1.54, 1.807) is 12.1 Å². The Morgan fingerprint density at radius 1 is 1.11 bits per heavy atom. The molecule has 0 saturated carbocycles. The molecule has 0 amide bonds. The van der Waals surface area contributed by atoms with Crippen molar-refractivity contribution < 1.29 is 4.39 Å². The number of hydrogen-bond acceptors (Lipinski definition) is 1. The highest BCUT2D eigenvalue weighted by molar-refractivity contribution is 6.31. The van der Waals surface area contributed by atoms with E-state index in [0.717, 1.165) is 16.7 Å². The average Bonchev–Trinajstić information content (AvgIpc) is 2.33. The molecule has 19 heavy (non-hydrogen) atoms. The summed E-state index contributed by atoms with van der Waals surface area (Å²) in [7, 11) is 0. The molecule has 100 valence electrons. The van der Waals surface area contributed by atoms with Gasteiger partial charge < -0.3 is 5.73 Å². The molecule has 0 saturated heterocycles. The summed E-state index contributed by atoms with van der Waals surface area (Å²) in [5, 5.41) is 0.764. The molecule has 0 bridgehead atoms. The summed E-state index contributed by atoms with van der Waals surface area (Å²) in [6.45, 7) is 1.97. The molecule has 1 atom stereocenters. The van der Waals surface area contributed by atoms with Crippen LogP contribution >= 0.6 is 23.2 Å². The maximum atomic E-state index is 13.1. The summed E-state index contributed by atoms with van der Waals surface area (Å²) >= 11 is 11.9. The van der Waals surface area contributed by atoms with Crippen LogP contribution in [0.1, 0.15) is 22.7 Å². The molecule has 2 rings (SSSR count). The normalized spacial score (nSPS) is 12.5. The molecule has 4 heteroatoms. The van der Waals surface area contributed by atoms with E-state index in [2.05, 4.69) is 0 Å². The molecule has 2 aromatic carbocycles. The van der Waals surface area contributed by atoms with Gasteiger partial charge in [-0.05, 0) is 48.2 Å². The summed E-state index contributed by atoms with van der Waals surface area (Å²) in [5.41, 5.74) is 9.00. The van der Waals surface area contributed by atoms with Crippen LogP contribution in [0.3, 0.4) is 0 Å². The van der Waals surface area contributed by atoms with Gasteiger partial charge in [-0.2, -0.15) is 0 Å². The second-order valence-electron chi connectivity index (χ2n) is 4.58. The monoisotopic (exact) mass is 297 g/mol. The molecule has 0 aliphatic carbocycles. The Hall–Kier alpha value is -1.09. The minimum Gasteiger partial charge on any atom is -0.324 e. The van der Waals surface area contributed by atoms with E-state index in [-0.39, 0.29) is 11.1 Å². The van der Waals surface area contributed by atoms with Crippen molar-refractivity contribution in [3.8, 4) is 0 Å². The molecule has 0 aromatic heterocycles. The maximum Gasteiger partial charge on any atom is 0.141 e. The van der Waals surface area contributed by atoms with Crippen LogP contribution in [-0.4, -0.2) is 0 Å². The highest BCUT2D eigenvalue weighted by Gasteiger charge is 2.12. The van der Waals surface area contributed by atoms with Gasteiger partial charge in [0.2, 0.25) is 0 Å². The summed E-state index contributed by atoms with van der Waals surface area (Å²) in [6.07, 6.45) is 0.558. The Kier molecular flexibility index (Phi) is 4.46. The van der Waals surface area contributed by atoms with Crippen LogP contribution in [0.15, 0.2) is 36.4 Å². The second-order valence-corrected chi connectivity index (χ2v) is 5.40. The van der Waals surface area contributed by atoms with Crippen LogP contribution in [0.2, 0.25) is 10.0 Å². The van der Waals surface area contributed by atoms with Crippen molar-refractivity contribution in [3.05, 3.63) is 69.0 Å². The van der Waals surface area contributed by atoms with Crippen LogP contribution in [0.5, 0.6) is 0 Å². The first-order chi connectivity index (χ1) is 8.97. The van der Waals surface area contributed by atoms with E-state index in [1.807, 2.05) is 25.1 Å². The summed E-state index contributed by atoms with van der Waals surface area (Å²) in [5.74, 6) is -0.424. The van der Waals surface area contributed by atoms with Crippen LogP contribution in [0, 0.1) is 12.7 Å². The lowest BCUT2D eigenvalue weighted by atomic mass is 9.99. The van der Waals surface area contributed by atoms with Crippen molar-refractivity contribution in [2.45, 2.75) is 19.4 Å². The Labute approximate surface area is 122 Å². The van der Waals surface area contributed by atoms with Gasteiger partial charge in [0, 0.05) is 11.1 Å². The highest BCUT2D eigenvalue weighted by atomic mass is 35.5. The van der Waals surface area contributed by atoms with Crippen LogP contribution in [0.25, 0.3) is 0 Å². The van der Waals surface area contributed by atoms with Gasteiger partial charge in [0.05, 0.1) is 5.02 Å². The molecule has 2 N–H and O–H groups in total. The van der Waals surface area contributed by atoms with Crippen molar-refractivity contribution in [3.63, 3.8) is 0 Å². The Balaban J connectivity index is 2.20. The first-order valence-electron chi connectivity index (χ1n) is 5.93. The largest absolute Gasteiger partial charge is 0.324 e. The third-order valence-electron chi connectivity index (χ3n) is 3.00. The van der Waals surface area contributed by atoms with E-state index >= 15 is 0 Å². The van der Waals surface area contributed by atoms with Gasteiger partial charge in [0.25, 0.3) is 0 Å². The van der Waals surface area contributed by atoms with E-state index in [1.165, 1.54) is 6.07 Å². The fourth-order valence-corrected chi connectivity index (χ4v) is 2.54. The molecule has 1 nitrogen and oxygen atoms in total. The van der Waals surface area contributed by atoms with E-state index in [0.29, 0.717) is 11.4 Å². The van der Waals surface area contributed by atoms with Crippen molar-refractivity contribution >= 4 is 23.2 Å². The van der Waals surface area contributed by atoms with E-state index < -0.39 is 5.82 Å². The minimum atomic E-state index is -0.424. The van der Waals surface area contributed by atoms with Crippen LogP contribution in [-0.2, 0) is 6.42 Å². The van der Waals surface area contributed by atoms with Gasteiger partial charge in [-0.1, -0.05) is 41.4 Å². The predicted octanol–water partition coefficient (Wildman–Crippen LogP) is 4.68. The molecule has 1 unspecified atom stereocenters. The quantitative estimate of drug-likeness (QED) is 0.874. The van der Waals surface area contributed by atoms with Crippen molar-refractivity contribution in [2.24, 2.45) is 5.73 Å². The average molecular weight is 298 g/mol. The van der Waals surface area contributed by atoms with Crippen LogP contribution in [0.4, 0.5) is 4.39 Å². The SMILES string of the molecule is Cc1ccc(C(N)Cc2ccc(F)c(Cl)c2)c(Cl)c1. The zero-order valence-corrected chi connectivity index (χ0v) is 12.0. The molecule has 0 spiro atoms. The summed E-state index contributed by atoms with van der Waals surface area (Å²) in [6, 6.07) is 10.2. The maximum absolute atomic E-state index is 13.1. The Morgan fingerprint density at radius 2 is 1.84 bits per heavy atom. The second kappa shape index (κ2) is 5.91. The van der Waals surface area contributed by atoms with Crippen LogP contribution < -0.4 is 5.73 Å². The summed E-state index contributed by atoms with van der Waals surface area (Å²) in [4.78, 5) is 0. The first-order valence-corrected chi connectivity index (χ1v) is 6.68. The van der Waals surface area contributed by atoms with Gasteiger partial charge >= 0.3 is 0 Å². The number of halogens is 3. The molecular weight excluding hydrogens is 284 g/mol. The molecule has 0 aliphatic heterocycles. The molecule has 0 radical (unpaired) electrons. The zero-order valence-electron chi connectivity index (χ0n) is 10.5. The van der Waals surface area contributed by atoms with Gasteiger partial charge in [-0.3, -0.25) is 0 Å². The lowest BCUT2D eigenvalue weighted by Crippen LogP contribution is -2.14. The fraction of sp³-hybridized carbons (Fsp3) is 0.200. The number of nitrogens with two attached hydrogens (primary N) is 1. The first kappa shape index (κ1) is 14.3. The highest BCUT2D eigenvalue weighted by Crippen LogP contribution is 2.26. The van der Waals surface area contributed by atoms with Gasteiger partial charge in [0.15, 0.2) is 0 Å². The van der Waals surface area contributed by atoms with Crippen molar-refractivity contribution in [1.82, 2.24) is 0 Å². The number of rotatable bonds is 3. The lowest BCUT2D eigenvalue weighted by Gasteiger charge is -2.14. The van der Waals surface area contributed by atoms with E-state index in [4.69, 9.17) is 28.9 Å². The van der Waals surface area contributed by atoms with Crippen molar-refractivity contribution in [2.75, 3.05) is 0 Å². The third kappa shape index (κ3) is 3.47. The van der Waals surface area contributed by atoms with E-state index in [9.17, 15) is 4.39 Å². The smallest absolute Gasteiger partial charge is 0.141 e. The topological polar surface area (TPSA) is 26.0 Å². The van der Waals surface area contributed by atoms with Gasteiger partial charge in [-0.25, -0.2) is 4.39 Å².